The van der Waals surface area contributed by atoms with E-state index in [0.29, 0.717) is 0 Å². The highest BCUT2D eigenvalue weighted by Gasteiger charge is 2.33. The summed E-state index contributed by atoms with van der Waals surface area (Å²) in [6.45, 7) is 9.23. The van der Waals surface area contributed by atoms with Crippen molar-refractivity contribution in [1.29, 1.82) is 0 Å². The first-order chi connectivity index (χ1) is 13.8. The van der Waals surface area contributed by atoms with Crippen molar-refractivity contribution in [1.82, 2.24) is 4.72 Å². The van der Waals surface area contributed by atoms with Gasteiger partial charge in [0.05, 0.1) is 22.8 Å². The molecule has 30 heavy (non-hydrogen) atoms. The highest BCUT2D eigenvalue weighted by molar-refractivity contribution is 9.10. The smallest absolute Gasteiger partial charge is 0.241 e. The Morgan fingerprint density at radius 1 is 1.07 bits per heavy atom. The van der Waals surface area contributed by atoms with E-state index in [4.69, 9.17) is 0 Å². The molecule has 0 radical (unpaired) electrons. The Morgan fingerprint density at radius 3 is 2.10 bits per heavy atom. The topological polar surface area (TPSA) is 83.5 Å². The van der Waals surface area contributed by atoms with Crippen molar-refractivity contribution in [3.8, 4) is 0 Å². The largest absolute Gasteiger partial charge is 0.392 e. The van der Waals surface area contributed by atoms with Crippen LogP contribution >= 0.6 is 15.9 Å². The van der Waals surface area contributed by atoms with Gasteiger partial charge in [-0.1, -0.05) is 52.7 Å². The first kappa shape index (κ1) is 25.2. The van der Waals surface area contributed by atoms with Crippen molar-refractivity contribution in [3.63, 3.8) is 0 Å². The van der Waals surface area contributed by atoms with E-state index in [1.54, 1.807) is 31.2 Å². The Labute approximate surface area is 190 Å². The van der Waals surface area contributed by atoms with Gasteiger partial charge in [-0.2, -0.15) is 0 Å². The summed E-state index contributed by atoms with van der Waals surface area (Å²) in [6, 6.07) is 13.2. The number of rotatable bonds is 8. The lowest BCUT2D eigenvalue weighted by molar-refractivity contribution is 0.119. The fourth-order valence-electron chi connectivity index (χ4n) is 2.88. The zero-order chi connectivity index (χ0) is 22.7. The lowest BCUT2D eigenvalue weighted by Gasteiger charge is -2.30. The number of hydrogen-bond donors (Lipinski definition) is 2. The third-order valence-corrected chi connectivity index (χ3v) is 8.98. The van der Waals surface area contributed by atoms with Gasteiger partial charge in [0.1, 0.15) is 0 Å². The van der Waals surface area contributed by atoms with E-state index in [0.717, 1.165) is 15.6 Å². The molecule has 0 saturated carbocycles. The van der Waals surface area contributed by atoms with E-state index in [2.05, 4.69) is 20.7 Å². The Bertz CT molecular complexity index is 968. The zero-order valence-electron chi connectivity index (χ0n) is 17.9. The van der Waals surface area contributed by atoms with Crippen LogP contribution in [0.3, 0.4) is 0 Å². The van der Waals surface area contributed by atoms with Crippen LogP contribution < -0.4 is 4.72 Å². The van der Waals surface area contributed by atoms with Crippen LogP contribution in [0.4, 0.5) is 0 Å². The van der Waals surface area contributed by atoms with Crippen LogP contribution in [-0.2, 0) is 20.8 Å². The second kappa shape index (κ2) is 10.0. The van der Waals surface area contributed by atoms with Gasteiger partial charge in [-0.25, -0.2) is 13.1 Å². The fraction of sp³-hybridized carbons (Fsp3) is 0.455. The van der Waals surface area contributed by atoms with Crippen molar-refractivity contribution < 1.29 is 17.7 Å². The molecule has 0 bridgehead atoms. The third kappa shape index (κ3) is 6.72. The SMILES string of the molecule is Cc1ccc(S(=O)(=O)N[C@@H](c2ccc(Br)cc2)[C@@H](C)[C@H](O)C[S@@](=O)C(C)(C)C)cc1. The van der Waals surface area contributed by atoms with Gasteiger partial charge in [-0.3, -0.25) is 4.21 Å². The highest BCUT2D eigenvalue weighted by Crippen LogP contribution is 2.29. The summed E-state index contributed by atoms with van der Waals surface area (Å²) < 4.78 is 41.8. The molecule has 2 N–H and O–H groups in total. The number of aliphatic hydroxyl groups excluding tert-OH is 1. The monoisotopic (exact) mass is 515 g/mol. The number of benzene rings is 2. The van der Waals surface area contributed by atoms with Gasteiger partial charge in [0.25, 0.3) is 0 Å². The molecule has 2 rings (SSSR count). The Morgan fingerprint density at radius 2 is 1.60 bits per heavy atom. The lowest BCUT2D eigenvalue weighted by atomic mass is 9.91. The summed E-state index contributed by atoms with van der Waals surface area (Å²) in [6.07, 6.45) is -0.945. The molecule has 0 aromatic heterocycles. The van der Waals surface area contributed by atoms with Gasteiger partial charge in [0.15, 0.2) is 0 Å². The summed E-state index contributed by atoms with van der Waals surface area (Å²) >= 11 is 3.39. The first-order valence-electron chi connectivity index (χ1n) is 9.72. The molecule has 4 atom stereocenters. The molecule has 166 valence electrons. The number of halogens is 1. The van der Waals surface area contributed by atoms with E-state index >= 15 is 0 Å². The van der Waals surface area contributed by atoms with Gasteiger partial charge >= 0.3 is 0 Å². The van der Waals surface area contributed by atoms with Gasteiger partial charge in [-0.15, -0.1) is 0 Å². The van der Waals surface area contributed by atoms with Gasteiger partial charge < -0.3 is 5.11 Å². The molecule has 8 heteroatoms. The molecule has 0 aliphatic carbocycles. The van der Waals surface area contributed by atoms with E-state index in [1.807, 2.05) is 52.0 Å². The molecule has 0 aliphatic heterocycles. The number of sulfonamides is 1. The van der Waals surface area contributed by atoms with Crippen LogP contribution in [0.5, 0.6) is 0 Å². The molecule has 0 unspecified atom stereocenters. The molecule has 0 spiro atoms. The van der Waals surface area contributed by atoms with Crippen LogP contribution in [0, 0.1) is 12.8 Å². The second-order valence-corrected chi connectivity index (χ2v) is 13.4. The first-order valence-corrected chi connectivity index (χ1v) is 13.3. The van der Waals surface area contributed by atoms with Crippen molar-refractivity contribution in [3.05, 3.63) is 64.1 Å². The van der Waals surface area contributed by atoms with Gasteiger partial charge in [0.2, 0.25) is 10.0 Å². The third-order valence-electron chi connectivity index (χ3n) is 4.98. The molecular formula is C22H30BrNO4S2. The van der Waals surface area contributed by atoms with E-state index in [1.165, 1.54) is 0 Å². The number of hydrogen-bond acceptors (Lipinski definition) is 4. The van der Waals surface area contributed by atoms with Crippen molar-refractivity contribution in [2.24, 2.45) is 5.92 Å². The highest BCUT2D eigenvalue weighted by atomic mass is 79.9. The van der Waals surface area contributed by atoms with Crippen molar-refractivity contribution >= 4 is 36.8 Å². The molecule has 2 aromatic carbocycles. The molecule has 2 aromatic rings. The average Bonchev–Trinajstić information content (AvgIpc) is 2.66. The summed E-state index contributed by atoms with van der Waals surface area (Å²) in [5.41, 5.74) is 1.69. The molecule has 0 amide bonds. The minimum atomic E-state index is -3.82. The average molecular weight is 517 g/mol. The molecule has 0 saturated heterocycles. The van der Waals surface area contributed by atoms with Crippen LogP contribution in [0.25, 0.3) is 0 Å². The summed E-state index contributed by atoms with van der Waals surface area (Å²) in [7, 11) is -5.08. The zero-order valence-corrected chi connectivity index (χ0v) is 21.1. The van der Waals surface area contributed by atoms with E-state index in [-0.39, 0.29) is 10.6 Å². The molecule has 0 heterocycles. The van der Waals surface area contributed by atoms with Crippen molar-refractivity contribution in [2.75, 3.05) is 5.75 Å². The fourth-order valence-corrected chi connectivity index (χ4v) is 5.57. The van der Waals surface area contributed by atoms with Crippen LogP contribution in [0.2, 0.25) is 0 Å². The predicted octanol–water partition coefficient (Wildman–Crippen LogP) is 4.32. The maximum absolute atomic E-state index is 13.0. The summed E-state index contributed by atoms with van der Waals surface area (Å²) in [4.78, 5) is 0.162. The minimum absolute atomic E-state index is 0.0734. The standard InChI is InChI=1S/C22H30BrNO4S2/c1-15-6-12-19(13-7-15)30(27,28)24-21(17-8-10-18(23)11-9-17)16(2)20(25)14-29(26)22(3,4)5/h6-13,16,20-21,24-25H,14H2,1-5H3/t16-,20+,21+,29+/m0/s1. The predicted molar refractivity (Wildman–Crippen MR) is 126 cm³/mol. The van der Waals surface area contributed by atoms with Crippen molar-refractivity contribution in [2.45, 2.75) is 56.4 Å². The van der Waals surface area contributed by atoms with E-state index in [9.17, 15) is 17.7 Å². The molecule has 0 fully saturated rings. The van der Waals surface area contributed by atoms with Crippen LogP contribution in [-0.4, -0.2) is 34.3 Å². The molecular weight excluding hydrogens is 486 g/mol. The quantitative estimate of drug-likeness (QED) is 0.548. The van der Waals surface area contributed by atoms with E-state index < -0.39 is 43.6 Å². The normalized spacial score (nSPS) is 16.6. The Balaban J connectivity index is 2.36. The van der Waals surface area contributed by atoms with Crippen LogP contribution in [0.15, 0.2) is 57.9 Å². The Hall–Kier alpha value is -1.06. The Kier molecular flexibility index (Phi) is 8.43. The van der Waals surface area contributed by atoms with Gasteiger partial charge in [0, 0.05) is 25.9 Å². The summed E-state index contributed by atoms with van der Waals surface area (Å²) in [5, 5.41) is 10.8. The van der Waals surface area contributed by atoms with Gasteiger partial charge in [-0.05, 0) is 57.5 Å². The molecule has 0 aliphatic rings. The van der Waals surface area contributed by atoms with Crippen LogP contribution in [0.1, 0.15) is 44.9 Å². The minimum Gasteiger partial charge on any atom is -0.392 e. The second-order valence-electron chi connectivity index (χ2n) is 8.51. The lowest BCUT2D eigenvalue weighted by Crippen LogP contribution is -2.40. The maximum Gasteiger partial charge on any atom is 0.241 e. The number of aryl methyl sites for hydroxylation is 1. The maximum atomic E-state index is 13.0. The number of nitrogens with one attached hydrogen (secondary N) is 1. The summed E-state index contributed by atoms with van der Waals surface area (Å²) in [5.74, 6) is -0.429. The number of aliphatic hydroxyl groups is 1. The molecule has 5 nitrogen and oxygen atoms in total.